The van der Waals surface area contributed by atoms with Gasteiger partial charge in [0.1, 0.15) is 0 Å². The Morgan fingerprint density at radius 3 is 2.88 bits per heavy atom. The van der Waals surface area contributed by atoms with Gasteiger partial charge in [0.2, 0.25) is 5.43 Å². The Bertz CT molecular complexity index is 539. The van der Waals surface area contributed by atoms with Crippen molar-refractivity contribution < 1.29 is 0 Å². The minimum Gasteiger partial charge on any atom is -0.394 e. The van der Waals surface area contributed by atoms with Crippen LogP contribution in [0.15, 0.2) is 46.2 Å². The molecule has 2 N–H and O–H groups in total. The summed E-state index contributed by atoms with van der Waals surface area (Å²) in [6.45, 7) is 0.759. The molecule has 0 saturated heterocycles. The van der Waals surface area contributed by atoms with E-state index in [-0.39, 0.29) is 11.1 Å². The molecule has 0 atom stereocenters. The molecule has 2 aromatic heterocycles. The molecule has 0 unspecified atom stereocenters. The molecule has 0 fully saturated rings. The average molecular weight is 294 g/mol. The highest BCUT2D eigenvalue weighted by Gasteiger charge is 2.02. The van der Waals surface area contributed by atoms with Gasteiger partial charge in [0.25, 0.3) is 0 Å². The standard InChI is InChI=1S/C12H12BrN3O/c13-10-7-16(8-11(14)12(10)17)5-3-9-2-1-4-15-6-9/h1-2,4,6-8H,3,5,14H2. The number of hydrogen-bond acceptors (Lipinski definition) is 3. The van der Waals surface area contributed by atoms with Crippen molar-refractivity contribution in [3.8, 4) is 0 Å². The fourth-order valence-electron chi connectivity index (χ4n) is 1.55. The summed E-state index contributed by atoms with van der Waals surface area (Å²) in [4.78, 5) is 15.5. The van der Waals surface area contributed by atoms with Crippen LogP contribution >= 0.6 is 15.9 Å². The van der Waals surface area contributed by atoms with Gasteiger partial charge < -0.3 is 10.3 Å². The molecule has 2 rings (SSSR count). The lowest BCUT2D eigenvalue weighted by Gasteiger charge is -2.07. The fraction of sp³-hybridized carbons (Fsp3) is 0.167. The van der Waals surface area contributed by atoms with Crippen LogP contribution in [-0.2, 0) is 13.0 Å². The van der Waals surface area contributed by atoms with Crippen LogP contribution < -0.4 is 11.2 Å². The molecule has 0 saturated carbocycles. The maximum atomic E-state index is 11.4. The summed E-state index contributed by atoms with van der Waals surface area (Å²) in [5, 5.41) is 0. The predicted molar refractivity (Wildman–Crippen MR) is 70.8 cm³/mol. The number of nitrogens with two attached hydrogens (primary N) is 1. The van der Waals surface area contributed by atoms with Crippen LogP contribution in [0.4, 0.5) is 5.69 Å². The van der Waals surface area contributed by atoms with Gasteiger partial charge in [0.15, 0.2) is 0 Å². The molecule has 0 radical (unpaired) electrons. The van der Waals surface area contributed by atoms with E-state index in [2.05, 4.69) is 20.9 Å². The van der Waals surface area contributed by atoms with Gasteiger partial charge in [-0.05, 0) is 34.0 Å². The number of pyridine rings is 2. The third kappa shape index (κ3) is 2.94. The Morgan fingerprint density at radius 2 is 2.24 bits per heavy atom. The highest BCUT2D eigenvalue weighted by Crippen LogP contribution is 2.07. The fourth-order valence-corrected chi connectivity index (χ4v) is 2.04. The quantitative estimate of drug-likeness (QED) is 0.939. The van der Waals surface area contributed by atoms with Crippen molar-refractivity contribution in [3.05, 3.63) is 57.2 Å². The summed E-state index contributed by atoms with van der Waals surface area (Å²) in [5.74, 6) is 0. The first-order valence-electron chi connectivity index (χ1n) is 5.21. The van der Waals surface area contributed by atoms with Gasteiger partial charge >= 0.3 is 0 Å². The normalized spacial score (nSPS) is 10.4. The number of aromatic nitrogens is 2. The van der Waals surface area contributed by atoms with E-state index in [9.17, 15) is 4.79 Å². The Kier molecular flexibility index (Phi) is 3.58. The van der Waals surface area contributed by atoms with Crippen molar-refractivity contribution in [2.24, 2.45) is 0 Å². The maximum Gasteiger partial charge on any atom is 0.218 e. The zero-order valence-electron chi connectivity index (χ0n) is 9.14. The van der Waals surface area contributed by atoms with Gasteiger partial charge in [0.05, 0.1) is 10.2 Å². The van der Waals surface area contributed by atoms with E-state index in [1.165, 1.54) is 0 Å². The average Bonchev–Trinajstić information content (AvgIpc) is 2.34. The minimum atomic E-state index is -0.164. The van der Waals surface area contributed by atoms with Gasteiger partial charge in [-0.25, -0.2) is 0 Å². The molecular weight excluding hydrogens is 282 g/mol. The van der Waals surface area contributed by atoms with Gasteiger partial charge in [-0.3, -0.25) is 9.78 Å². The highest BCUT2D eigenvalue weighted by atomic mass is 79.9. The third-order valence-corrected chi connectivity index (χ3v) is 3.01. The molecule has 0 aliphatic carbocycles. The van der Waals surface area contributed by atoms with E-state index < -0.39 is 0 Å². The molecular formula is C12H12BrN3O. The number of aryl methyl sites for hydroxylation is 2. The van der Waals surface area contributed by atoms with Crippen LogP contribution in [-0.4, -0.2) is 9.55 Å². The maximum absolute atomic E-state index is 11.4. The lowest BCUT2D eigenvalue weighted by molar-refractivity contribution is 0.688. The zero-order chi connectivity index (χ0) is 12.3. The lowest BCUT2D eigenvalue weighted by Crippen LogP contribution is -2.13. The second-order valence-electron chi connectivity index (χ2n) is 3.74. The molecule has 2 heterocycles. The first-order valence-corrected chi connectivity index (χ1v) is 6.00. The van der Waals surface area contributed by atoms with Gasteiger partial charge in [0, 0.05) is 31.3 Å². The number of nitrogen functional groups attached to an aromatic ring is 1. The number of anilines is 1. The van der Waals surface area contributed by atoms with E-state index >= 15 is 0 Å². The summed E-state index contributed by atoms with van der Waals surface area (Å²) in [6.07, 6.45) is 7.83. The van der Waals surface area contributed by atoms with Gasteiger partial charge in [-0.1, -0.05) is 6.07 Å². The van der Waals surface area contributed by atoms with Crippen molar-refractivity contribution in [2.45, 2.75) is 13.0 Å². The Morgan fingerprint density at radius 1 is 1.41 bits per heavy atom. The predicted octanol–water partition coefficient (Wildman–Crippen LogP) is 1.83. The first-order chi connectivity index (χ1) is 8.16. The zero-order valence-corrected chi connectivity index (χ0v) is 10.7. The third-order valence-electron chi connectivity index (χ3n) is 2.44. The van der Waals surface area contributed by atoms with Crippen LogP contribution in [0.3, 0.4) is 0 Å². The number of halogens is 1. The van der Waals surface area contributed by atoms with E-state index in [0.717, 1.165) is 18.5 Å². The van der Waals surface area contributed by atoms with Crippen molar-refractivity contribution in [1.29, 1.82) is 0 Å². The molecule has 0 spiro atoms. The van der Waals surface area contributed by atoms with Crippen molar-refractivity contribution >= 4 is 21.6 Å². The summed E-state index contributed by atoms with van der Waals surface area (Å²) < 4.78 is 2.39. The van der Waals surface area contributed by atoms with Crippen LogP contribution in [0.5, 0.6) is 0 Å². The molecule has 0 aliphatic rings. The van der Waals surface area contributed by atoms with Crippen molar-refractivity contribution in [1.82, 2.24) is 9.55 Å². The van der Waals surface area contributed by atoms with Crippen LogP contribution in [0.1, 0.15) is 5.56 Å². The minimum absolute atomic E-state index is 0.164. The lowest BCUT2D eigenvalue weighted by atomic mass is 10.2. The summed E-state index contributed by atoms with van der Waals surface area (Å²) in [6, 6.07) is 3.93. The second kappa shape index (κ2) is 5.14. The monoisotopic (exact) mass is 293 g/mol. The molecule has 17 heavy (non-hydrogen) atoms. The molecule has 88 valence electrons. The largest absolute Gasteiger partial charge is 0.394 e. The van der Waals surface area contributed by atoms with Crippen molar-refractivity contribution in [3.63, 3.8) is 0 Å². The summed E-state index contributed by atoms with van der Waals surface area (Å²) in [5.41, 5.74) is 6.86. The molecule has 0 aliphatic heterocycles. The molecule has 5 heteroatoms. The molecule has 4 nitrogen and oxygen atoms in total. The van der Waals surface area contributed by atoms with Crippen LogP contribution in [0.25, 0.3) is 0 Å². The second-order valence-corrected chi connectivity index (χ2v) is 4.59. The first kappa shape index (κ1) is 11.9. The van der Waals surface area contributed by atoms with Crippen molar-refractivity contribution in [2.75, 3.05) is 5.73 Å². The summed E-state index contributed by atoms with van der Waals surface area (Å²) in [7, 11) is 0. The van der Waals surface area contributed by atoms with Crippen LogP contribution in [0, 0.1) is 0 Å². The Hall–Kier alpha value is -1.62. The van der Waals surface area contributed by atoms with E-state index in [0.29, 0.717) is 4.47 Å². The van der Waals surface area contributed by atoms with E-state index in [1.54, 1.807) is 18.6 Å². The SMILES string of the molecule is Nc1cn(CCc2cccnc2)cc(Br)c1=O. The number of rotatable bonds is 3. The van der Waals surface area contributed by atoms with E-state index in [4.69, 9.17) is 5.73 Å². The smallest absolute Gasteiger partial charge is 0.218 e. The van der Waals surface area contributed by atoms with Gasteiger partial charge in [-0.15, -0.1) is 0 Å². The van der Waals surface area contributed by atoms with Gasteiger partial charge in [-0.2, -0.15) is 0 Å². The number of nitrogens with zero attached hydrogens (tertiary/aromatic N) is 2. The molecule has 2 aromatic rings. The molecule has 0 bridgehead atoms. The molecule has 0 aromatic carbocycles. The van der Waals surface area contributed by atoms with Crippen LogP contribution in [0.2, 0.25) is 0 Å². The summed E-state index contributed by atoms with van der Waals surface area (Å²) >= 11 is 3.20. The Balaban J connectivity index is 2.13. The topological polar surface area (TPSA) is 60.9 Å². The molecule has 0 amide bonds. The number of hydrogen-bond donors (Lipinski definition) is 1. The van der Waals surface area contributed by atoms with E-state index in [1.807, 2.05) is 22.9 Å². The Labute approximate surface area is 107 Å². The highest BCUT2D eigenvalue weighted by molar-refractivity contribution is 9.10.